The van der Waals surface area contributed by atoms with Gasteiger partial charge in [-0.15, -0.1) is 12.4 Å². The largest absolute Gasteiger partial charge is 0.508 e. The first-order valence-corrected chi connectivity index (χ1v) is 7.77. The number of hydrogen-bond donors (Lipinski definition) is 2. The van der Waals surface area contributed by atoms with E-state index >= 15 is 0 Å². The monoisotopic (exact) mass is 403 g/mol. The second-order valence-corrected chi connectivity index (χ2v) is 5.86. The summed E-state index contributed by atoms with van der Waals surface area (Å²) in [5.41, 5.74) is 6.48. The standard InChI is InChI=1S/C17H15Cl2NO4.ClH/c1-9(21)8-24-14-5-3-12(15(18)16(14)19)17(23)10-2-4-13(22)11(6-10)7-20;/h2-6,22H,7-8,20H2,1H3;1H. The highest BCUT2D eigenvalue weighted by Crippen LogP contribution is 2.36. The molecule has 0 aliphatic heterocycles. The Bertz CT molecular complexity index is 809. The van der Waals surface area contributed by atoms with E-state index in [1.807, 2.05) is 0 Å². The Morgan fingerprint density at radius 1 is 1.16 bits per heavy atom. The Kier molecular flexibility index (Phi) is 7.70. The Morgan fingerprint density at radius 3 is 2.44 bits per heavy atom. The van der Waals surface area contributed by atoms with E-state index in [9.17, 15) is 14.7 Å². The summed E-state index contributed by atoms with van der Waals surface area (Å²) in [6.45, 7) is 1.34. The minimum absolute atomic E-state index is 0. The molecule has 0 amide bonds. The molecule has 0 aliphatic carbocycles. The van der Waals surface area contributed by atoms with Gasteiger partial charge >= 0.3 is 0 Å². The summed E-state index contributed by atoms with van der Waals surface area (Å²) in [6, 6.07) is 7.33. The lowest BCUT2D eigenvalue weighted by atomic mass is 10.0. The van der Waals surface area contributed by atoms with Crippen molar-refractivity contribution in [1.82, 2.24) is 0 Å². The molecule has 8 heteroatoms. The zero-order chi connectivity index (χ0) is 17.9. The molecule has 5 nitrogen and oxygen atoms in total. The molecule has 25 heavy (non-hydrogen) atoms. The molecule has 0 bridgehead atoms. The van der Waals surface area contributed by atoms with Gasteiger partial charge in [0.15, 0.2) is 11.6 Å². The zero-order valence-electron chi connectivity index (χ0n) is 13.2. The van der Waals surface area contributed by atoms with Gasteiger partial charge in [0, 0.05) is 23.2 Å². The van der Waals surface area contributed by atoms with Crippen molar-refractivity contribution in [3.63, 3.8) is 0 Å². The van der Waals surface area contributed by atoms with Crippen LogP contribution in [0.15, 0.2) is 30.3 Å². The molecule has 0 aromatic heterocycles. The first-order valence-electron chi connectivity index (χ1n) is 7.02. The van der Waals surface area contributed by atoms with E-state index in [-0.39, 0.29) is 64.2 Å². The second kappa shape index (κ2) is 9.06. The van der Waals surface area contributed by atoms with Crippen molar-refractivity contribution in [2.45, 2.75) is 13.5 Å². The summed E-state index contributed by atoms with van der Waals surface area (Å²) in [4.78, 5) is 23.6. The molecule has 2 aromatic rings. The first kappa shape index (κ1) is 21.3. The van der Waals surface area contributed by atoms with Gasteiger partial charge in [0.2, 0.25) is 0 Å². The van der Waals surface area contributed by atoms with Gasteiger partial charge in [0.05, 0.1) is 5.02 Å². The average Bonchev–Trinajstić information content (AvgIpc) is 2.56. The Hall–Kier alpha value is -1.79. The molecule has 0 aliphatic rings. The first-order chi connectivity index (χ1) is 11.3. The number of benzene rings is 2. The minimum atomic E-state index is -0.366. The van der Waals surface area contributed by atoms with Crippen LogP contribution < -0.4 is 10.5 Å². The maximum Gasteiger partial charge on any atom is 0.194 e. The van der Waals surface area contributed by atoms with Crippen LogP contribution in [0, 0.1) is 0 Å². The van der Waals surface area contributed by atoms with E-state index < -0.39 is 0 Å². The van der Waals surface area contributed by atoms with Crippen LogP contribution in [0.5, 0.6) is 11.5 Å². The Labute approximate surface area is 161 Å². The number of phenolic OH excluding ortho intramolecular Hbond substituents is 1. The van der Waals surface area contributed by atoms with E-state index in [0.717, 1.165) is 0 Å². The molecular weight excluding hydrogens is 389 g/mol. The van der Waals surface area contributed by atoms with E-state index in [4.69, 9.17) is 33.7 Å². The predicted molar refractivity (Wildman–Crippen MR) is 99.3 cm³/mol. The molecule has 2 aromatic carbocycles. The number of carbonyl (C=O) groups is 2. The molecule has 0 saturated heterocycles. The van der Waals surface area contributed by atoms with Gasteiger partial charge in [-0.05, 0) is 37.3 Å². The molecule has 134 valence electrons. The number of carbonyl (C=O) groups excluding carboxylic acids is 2. The Morgan fingerprint density at radius 2 is 1.84 bits per heavy atom. The van der Waals surface area contributed by atoms with Crippen molar-refractivity contribution in [2.24, 2.45) is 5.73 Å². The predicted octanol–water partition coefficient (Wildman–Crippen LogP) is 3.78. The van der Waals surface area contributed by atoms with Gasteiger partial charge in [-0.25, -0.2) is 0 Å². The zero-order valence-corrected chi connectivity index (χ0v) is 15.5. The van der Waals surface area contributed by atoms with Crippen molar-refractivity contribution >= 4 is 47.2 Å². The van der Waals surface area contributed by atoms with Crippen LogP contribution in [0.1, 0.15) is 28.4 Å². The van der Waals surface area contributed by atoms with Gasteiger partial charge < -0.3 is 15.6 Å². The van der Waals surface area contributed by atoms with Crippen molar-refractivity contribution in [3.05, 3.63) is 57.1 Å². The van der Waals surface area contributed by atoms with Crippen molar-refractivity contribution in [3.8, 4) is 11.5 Å². The summed E-state index contributed by atoms with van der Waals surface area (Å²) in [5.74, 6) is -0.289. The lowest BCUT2D eigenvalue weighted by Gasteiger charge is -2.11. The number of phenols is 1. The molecule has 0 saturated carbocycles. The highest BCUT2D eigenvalue weighted by molar-refractivity contribution is 6.45. The number of hydrogen-bond acceptors (Lipinski definition) is 5. The fraction of sp³-hybridized carbons (Fsp3) is 0.176. The number of halogens is 3. The van der Waals surface area contributed by atoms with Crippen LogP contribution >= 0.6 is 35.6 Å². The smallest absolute Gasteiger partial charge is 0.194 e. The quantitative estimate of drug-likeness (QED) is 0.715. The Balaban J connectivity index is 0.00000312. The summed E-state index contributed by atoms with van der Waals surface area (Å²) in [6.07, 6.45) is 0. The van der Waals surface area contributed by atoms with Crippen LogP contribution in [-0.4, -0.2) is 23.3 Å². The number of ether oxygens (including phenoxy) is 1. The lowest BCUT2D eigenvalue weighted by molar-refractivity contribution is -0.118. The van der Waals surface area contributed by atoms with Crippen LogP contribution in [0.4, 0.5) is 0 Å². The molecule has 3 N–H and O–H groups in total. The fourth-order valence-corrected chi connectivity index (χ4v) is 2.51. The van der Waals surface area contributed by atoms with Gasteiger partial charge in [0.1, 0.15) is 23.1 Å². The normalized spacial score (nSPS) is 10.1. The van der Waals surface area contributed by atoms with E-state index in [1.165, 1.54) is 37.3 Å². The molecule has 0 fully saturated rings. The molecule has 0 atom stereocenters. The van der Waals surface area contributed by atoms with Crippen LogP contribution in [0.2, 0.25) is 10.0 Å². The maximum atomic E-state index is 12.6. The number of nitrogens with two attached hydrogens (primary N) is 1. The van der Waals surface area contributed by atoms with Gasteiger partial charge in [-0.2, -0.15) is 0 Å². The summed E-state index contributed by atoms with van der Waals surface area (Å²) in [7, 11) is 0. The molecule has 0 heterocycles. The van der Waals surface area contributed by atoms with Gasteiger partial charge in [0.25, 0.3) is 0 Å². The summed E-state index contributed by atoms with van der Waals surface area (Å²) < 4.78 is 5.24. The van der Waals surface area contributed by atoms with Gasteiger partial charge in [-0.1, -0.05) is 23.2 Å². The van der Waals surface area contributed by atoms with Crippen molar-refractivity contribution in [2.75, 3.05) is 6.61 Å². The molecule has 0 unspecified atom stereocenters. The number of aromatic hydroxyl groups is 1. The second-order valence-electron chi connectivity index (χ2n) is 5.11. The molecule has 0 spiro atoms. The minimum Gasteiger partial charge on any atom is -0.508 e. The topological polar surface area (TPSA) is 89.6 Å². The molecule has 0 radical (unpaired) electrons. The summed E-state index contributed by atoms with van der Waals surface area (Å²) >= 11 is 12.3. The fourth-order valence-electron chi connectivity index (χ4n) is 2.04. The van der Waals surface area contributed by atoms with Crippen molar-refractivity contribution in [1.29, 1.82) is 0 Å². The molecule has 2 rings (SSSR count). The summed E-state index contributed by atoms with van der Waals surface area (Å²) in [5, 5.41) is 9.73. The third-order valence-electron chi connectivity index (χ3n) is 3.28. The third kappa shape index (κ3) is 4.86. The van der Waals surface area contributed by atoms with E-state index in [1.54, 1.807) is 0 Å². The van der Waals surface area contributed by atoms with Crippen LogP contribution in [0.25, 0.3) is 0 Å². The van der Waals surface area contributed by atoms with Crippen molar-refractivity contribution < 1.29 is 19.4 Å². The van der Waals surface area contributed by atoms with Gasteiger partial charge in [-0.3, -0.25) is 9.59 Å². The highest BCUT2D eigenvalue weighted by Gasteiger charge is 2.19. The van der Waals surface area contributed by atoms with Crippen LogP contribution in [0.3, 0.4) is 0 Å². The number of Topliss-reactive ketones (excluding diaryl/α,β-unsaturated/α-hetero) is 1. The molecular formula is C17H16Cl3NO4. The number of ketones is 2. The lowest BCUT2D eigenvalue weighted by Crippen LogP contribution is -2.08. The highest BCUT2D eigenvalue weighted by atomic mass is 35.5. The maximum absolute atomic E-state index is 12.6. The van der Waals surface area contributed by atoms with E-state index in [0.29, 0.717) is 11.1 Å². The number of rotatable bonds is 6. The third-order valence-corrected chi connectivity index (χ3v) is 4.15. The SMILES string of the molecule is CC(=O)COc1ccc(C(=O)c2ccc(O)c(CN)c2)c(Cl)c1Cl.Cl. The van der Waals surface area contributed by atoms with Crippen LogP contribution in [-0.2, 0) is 11.3 Å². The van der Waals surface area contributed by atoms with E-state index in [2.05, 4.69) is 0 Å². The average molecular weight is 405 g/mol.